The summed E-state index contributed by atoms with van der Waals surface area (Å²) in [5, 5.41) is 9.84. The van der Waals surface area contributed by atoms with Gasteiger partial charge in [0, 0.05) is 0 Å². The number of hydrogen-bond donors (Lipinski definition) is 1. The van der Waals surface area contributed by atoms with Crippen LogP contribution in [0.5, 0.6) is 0 Å². The predicted molar refractivity (Wildman–Crippen MR) is 43.6 cm³/mol. The van der Waals surface area contributed by atoms with E-state index in [9.17, 15) is 4.79 Å². The molecular weight excluding hydrogens is 154 g/mol. The van der Waals surface area contributed by atoms with Gasteiger partial charge in [0.2, 0.25) is 0 Å². The molecule has 1 aliphatic carbocycles. The third-order valence-electron chi connectivity index (χ3n) is 3.37. The van der Waals surface area contributed by atoms with Crippen LogP contribution in [-0.4, -0.2) is 22.7 Å². The highest BCUT2D eigenvalue weighted by Gasteiger charge is 2.52. The molecule has 0 atom stereocenters. The lowest BCUT2D eigenvalue weighted by atomic mass is 9.66. The first-order chi connectivity index (χ1) is 5.64. The van der Waals surface area contributed by atoms with Gasteiger partial charge in [0.25, 0.3) is 5.91 Å². The van der Waals surface area contributed by atoms with Crippen molar-refractivity contribution in [2.24, 2.45) is 11.3 Å². The molecule has 0 aromatic rings. The first kappa shape index (κ1) is 8.05. The Hall–Kier alpha value is -0.570. The summed E-state index contributed by atoms with van der Waals surface area (Å²) in [6.07, 6.45) is 4.23. The van der Waals surface area contributed by atoms with E-state index in [1.54, 1.807) is 0 Å². The minimum Gasteiger partial charge on any atom is -0.286 e. The van der Waals surface area contributed by atoms with Crippen LogP contribution in [0.3, 0.4) is 0 Å². The van der Waals surface area contributed by atoms with Crippen LogP contribution in [0.1, 0.15) is 32.6 Å². The molecule has 0 aromatic heterocycles. The molecule has 1 aliphatic heterocycles. The Balaban J connectivity index is 2.01. The van der Waals surface area contributed by atoms with Gasteiger partial charge in [0.05, 0.1) is 12.0 Å². The Kier molecular flexibility index (Phi) is 1.65. The number of rotatable bonds is 0. The van der Waals surface area contributed by atoms with Crippen LogP contribution < -0.4 is 0 Å². The second kappa shape index (κ2) is 2.46. The molecule has 0 bridgehead atoms. The molecule has 1 spiro atoms. The van der Waals surface area contributed by atoms with Gasteiger partial charge in [0.15, 0.2) is 0 Å². The third-order valence-corrected chi connectivity index (χ3v) is 3.37. The van der Waals surface area contributed by atoms with Crippen molar-refractivity contribution in [1.29, 1.82) is 0 Å². The monoisotopic (exact) mass is 169 g/mol. The Morgan fingerprint density at radius 3 is 2.50 bits per heavy atom. The van der Waals surface area contributed by atoms with E-state index in [2.05, 4.69) is 6.92 Å². The SMILES string of the molecule is CC1CCC2(CC1)CN(O)C2=O. The Morgan fingerprint density at radius 1 is 1.50 bits per heavy atom. The summed E-state index contributed by atoms with van der Waals surface area (Å²) in [6, 6.07) is 0. The third kappa shape index (κ3) is 0.959. The smallest absolute Gasteiger partial charge is 0.254 e. The summed E-state index contributed by atoms with van der Waals surface area (Å²) in [6.45, 7) is 2.80. The molecule has 0 radical (unpaired) electrons. The van der Waals surface area contributed by atoms with Gasteiger partial charge in [-0.05, 0) is 31.6 Å². The molecular formula is C9H15NO2. The highest BCUT2D eigenvalue weighted by atomic mass is 16.5. The van der Waals surface area contributed by atoms with Crippen molar-refractivity contribution in [3.05, 3.63) is 0 Å². The minimum atomic E-state index is -0.152. The van der Waals surface area contributed by atoms with Crippen LogP contribution in [-0.2, 0) is 4.79 Å². The molecule has 1 saturated heterocycles. The van der Waals surface area contributed by atoms with Gasteiger partial charge in [-0.15, -0.1) is 0 Å². The first-order valence-corrected chi connectivity index (χ1v) is 4.65. The fraction of sp³-hybridized carbons (Fsp3) is 0.889. The molecule has 3 nitrogen and oxygen atoms in total. The first-order valence-electron chi connectivity index (χ1n) is 4.65. The van der Waals surface area contributed by atoms with Crippen LogP contribution in [0.15, 0.2) is 0 Å². The number of nitrogens with zero attached hydrogens (tertiary/aromatic N) is 1. The topological polar surface area (TPSA) is 40.5 Å². The lowest BCUT2D eigenvalue weighted by molar-refractivity contribution is -0.220. The van der Waals surface area contributed by atoms with E-state index in [0.717, 1.165) is 36.7 Å². The molecule has 68 valence electrons. The predicted octanol–water partition coefficient (Wildman–Crippen LogP) is 1.41. The summed E-state index contributed by atoms with van der Waals surface area (Å²) in [5.41, 5.74) is -0.152. The largest absolute Gasteiger partial charge is 0.286 e. The maximum absolute atomic E-state index is 11.3. The second-order valence-electron chi connectivity index (χ2n) is 4.33. The van der Waals surface area contributed by atoms with E-state index in [1.807, 2.05) is 0 Å². The van der Waals surface area contributed by atoms with Crippen LogP contribution in [0.2, 0.25) is 0 Å². The summed E-state index contributed by atoms with van der Waals surface area (Å²) in [4.78, 5) is 11.3. The van der Waals surface area contributed by atoms with E-state index in [0.29, 0.717) is 6.54 Å². The molecule has 3 heteroatoms. The molecule has 1 N–H and O–H groups in total. The van der Waals surface area contributed by atoms with Gasteiger partial charge in [0.1, 0.15) is 0 Å². The number of amides is 1. The Morgan fingerprint density at radius 2 is 2.08 bits per heavy atom. The zero-order valence-electron chi connectivity index (χ0n) is 7.42. The van der Waals surface area contributed by atoms with Crippen LogP contribution >= 0.6 is 0 Å². The summed E-state index contributed by atoms with van der Waals surface area (Å²) in [5.74, 6) is 0.713. The highest BCUT2D eigenvalue weighted by Crippen LogP contribution is 2.45. The van der Waals surface area contributed by atoms with Crippen molar-refractivity contribution in [2.45, 2.75) is 32.6 Å². The lowest BCUT2D eigenvalue weighted by Gasteiger charge is -2.48. The quantitative estimate of drug-likeness (QED) is 0.440. The molecule has 0 aromatic carbocycles. The average Bonchev–Trinajstić information content (AvgIpc) is 2.09. The van der Waals surface area contributed by atoms with Crippen LogP contribution in [0.25, 0.3) is 0 Å². The minimum absolute atomic E-state index is 0.0469. The fourth-order valence-corrected chi connectivity index (χ4v) is 2.30. The molecule has 12 heavy (non-hydrogen) atoms. The van der Waals surface area contributed by atoms with Gasteiger partial charge in [-0.25, -0.2) is 5.06 Å². The summed E-state index contributed by atoms with van der Waals surface area (Å²) < 4.78 is 0. The number of hydrogen-bond acceptors (Lipinski definition) is 2. The van der Waals surface area contributed by atoms with E-state index >= 15 is 0 Å². The highest BCUT2D eigenvalue weighted by molar-refractivity contribution is 5.87. The zero-order chi connectivity index (χ0) is 8.77. The van der Waals surface area contributed by atoms with Crippen molar-refractivity contribution in [3.63, 3.8) is 0 Å². The standard InChI is InChI=1S/C9H15NO2/c1-7-2-4-9(5-3-7)6-10(12)8(9)11/h7,12H,2-6H2,1H3. The van der Waals surface area contributed by atoms with E-state index in [1.165, 1.54) is 0 Å². The van der Waals surface area contributed by atoms with Gasteiger partial charge in [-0.2, -0.15) is 0 Å². The molecule has 1 heterocycles. The van der Waals surface area contributed by atoms with E-state index in [4.69, 9.17) is 5.21 Å². The number of carbonyl (C=O) groups excluding carboxylic acids is 1. The van der Waals surface area contributed by atoms with Gasteiger partial charge in [-0.1, -0.05) is 6.92 Å². The normalized spacial score (nSPS) is 41.7. The summed E-state index contributed by atoms with van der Waals surface area (Å²) in [7, 11) is 0. The number of β-lactam (4-membered cyclic amide) rings is 1. The second-order valence-corrected chi connectivity index (χ2v) is 4.33. The molecule has 0 unspecified atom stereocenters. The van der Waals surface area contributed by atoms with Crippen LogP contribution in [0.4, 0.5) is 0 Å². The zero-order valence-corrected chi connectivity index (χ0v) is 7.42. The molecule has 2 aliphatic rings. The Labute approximate surface area is 72.3 Å². The van der Waals surface area contributed by atoms with E-state index < -0.39 is 0 Å². The molecule has 2 rings (SSSR count). The van der Waals surface area contributed by atoms with Crippen molar-refractivity contribution >= 4 is 5.91 Å². The average molecular weight is 169 g/mol. The fourth-order valence-electron chi connectivity index (χ4n) is 2.30. The maximum atomic E-state index is 11.3. The maximum Gasteiger partial charge on any atom is 0.254 e. The van der Waals surface area contributed by atoms with Crippen molar-refractivity contribution in [1.82, 2.24) is 5.06 Å². The number of hydroxylamine groups is 2. The van der Waals surface area contributed by atoms with Gasteiger partial charge < -0.3 is 0 Å². The van der Waals surface area contributed by atoms with Gasteiger partial charge >= 0.3 is 0 Å². The molecule has 1 saturated carbocycles. The van der Waals surface area contributed by atoms with Crippen molar-refractivity contribution in [2.75, 3.05) is 6.54 Å². The molecule has 2 fully saturated rings. The molecule has 1 amide bonds. The number of carbonyl (C=O) groups is 1. The van der Waals surface area contributed by atoms with Gasteiger partial charge in [-0.3, -0.25) is 10.0 Å². The summed E-state index contributed by atoms with van der Waals surface area (Å²) >= 11 is 0. The lowest BCUT2D eigenvalue weighted by Crippen LogP contribution is -2.60. The van der Waals surface area contributed by atoms with E-state index in [-0.39, 0.29) is 11.3 Å². The Bertz CT molecular complexity index is 207. The van der Waals surface area contributed by atoms with Crippen molar-refractivity contribution in [3.8, 4) is 0 Å². The van der Waals surface area contributed by atoms with Crippen molar-refractivity contribution < 1.29 is 10.0 Å². The van der Waals surface area contributed by atoms with Crippen LogP contribution in [0, 0.1) is 11.3 Å².